The smallest absolute Gasteiger partial charge is 0.349 e. The predicted octanol–water partition coefficient (Wildman–Crippen LogP) is 6.09. The summed E-state index contributed by atoms with van der Waals surface area (Å²) in [6, 6.07) is 30.4. The normalized spacial score (nSPS) is 14.0. The summed E-state index contributed by atoms with van der Waals surface area (Å²) in [6.45, 7) is 4.13. The summed E-state index contributed by atoms with van der Waals surface area (Å²) >= 11 is 0. The monoisotopic (exact) mass is 532 g/mol. The van der Waals surface area contributed by atoms with Crippen molar-refractivity contribution < 1.29 is 23.7 Å². The van der Waals surface area contributed by atoms with Crippen LogP contribution in [0.1, 0.15) is 33.7 Å². The Kier molecular flexibility index (Phi) is 7.70. The highest BCUT2D eigenvalue weighted by Gasteiger charge is 2.31. The first-order valence-corrected chi connectivity index (χ1v) is 12.8. The van der Waals surface area contributed by atoms with Gasteiger partial charge in [0, 0.05) is 11.6 Å². The van der Waals surface area contributed by atoms with Crippen molar-refractivity contribution in [2.75, 3.05) is 6.61 Å². The number of allylic oxidation sites excluding steroid dienone is 1. The molecule has 7 heteroatoms. The zero-order chi connectivity index (χ0) is 28.1. The number of aryl methyl sites for hydroxylation is 2. The van der Waals surface area contributed by atoms with E-state index >= 15 is 0 Å². The van der Waals surface area contributed by atoms with Crippen LogP contribution in [0, 0.1) is 25.2 Å². The van der Waals surface area contributed by atoms with Crippen molar-refractivity contribution in [2.24, 2.45) is 5.73 Å². The Labute approximate surface area is 233 Å². The average molecular weight is 533 g/mol. The number of nitriles is 1. The fraction of sp³-hybridized carbons (Fsp3) is 0.152. The third-order valence-corrected chi connectivity index (χ3v) is 6.44. The van der Waals surface area contributed by atoms with Gasteiger partial charge >= 0.3 is 5.97 Å². The minimum Gasteiger partial charge on any atom is -0.489 e. The second-order valence-corrected chi connectivity index (χ2v) is 9.55. The number of nitrogens with zero attached hydrogens (tertiary/aromatic N) is 1. The molecule has 2 N–H and O–H groups in total. The van der Waals surface area contributed by atoms with Crippen LogP contribution >= 0.6 is 0 Å². The van der Waals surface area contributed by atoms with Gasteiger partial charge in [-0.2, -0.15) is 5.26 Å². The molecule has 7 nitrogen and oxygen atoms in total. The number of carbonyl (C=O) groups excluding carboxylic acids is 1. The van der Waals surface area contributed by atoms with Crippen LogP contribution in [0.3, 0.4) is 0 Å². The first-order valence-electron chi connectivity index (χ1n) is 12.8. The maximum atomic E-state index is 12.5. The molecule has 0 saturated carbocycles. The number of ether oxygens (including phenoxy) is 4. The van der Waals surface area contributed by atoms with E-state index in [9.17, 15) is 10.1 Å². The number of nitrogens with two attached hydrogens (primary N) is 1. The molecule has 0 bridgehead atoms. The van der Waals surface area contributed by atoms with E-state index in [-0.39, 0.29) is 18.2 Å². The van der Waals surface area contributed by atoms with Gasteiger partial charge in [0.25, 0.3) is 0 Å². The summed E-state index contributed by atoms with van der Waals surface area (Å²) in [6.07, 6.45) is 0. The molecule has 0 aliphatic carbocycles. The number of hydrogen-bond donors (Lipinski definition) is 1. The summed E-state index contributed by atoms with van der Waals surface area (Å²) in [5.41, 5.74) is 11.2. The zero-order valence-electron chi connectivity index (χ0n) is 22.2. The highest BCUT2D eigenvalue weighted by atomic mass is 16.6. The Morgan fingerprint density at radius 1 is 0.875 bits per heavy atom. The van der Waals surface area contributed by atoms with E-state index in [4.69, 9.17) is 24.7 Å². The van der Waals surface area contributed by atoms with Crippen LogP contribution in [0.4, 0.5) is 0 Å². The van der Waals surface area contributed by atoms with Crippen molar-refractivity contribution in [1.29, 1.82) is 5.26 Å². The molecule has 1 heterocycles. The molecule has 1 unspecified atom stereocenters. The van der Waals surface area contributed by atoms with Crippen molar-refractivity contribution in [3.63, 3.8) is 0 Å². The van der Waals surface area contributed by atoms with Crippen molar-refractivity contribution in [3.05, 3.63) is 130 Å². The second-order valence-electron chi connectivity index (χ2n) is 9.55. The van der Waals surface area contributed by atoms with E-state index in [1.165, 1.54) is 0 Å². The number of benzene rings is 4. The molecule has 1 aliphatic heterocycles. The Morgan fingerprint density at radius 3 is 2.27 bits per heavy atom. The van der Waals surface area contributed by atoms with Gasteiger partial charge in [-0.15, -0.1) is 0 Å². The van der Waals surface area contributed by atoms with Crippen LogP contribution < -0.4 is 24.7 Å². The van der Waals surface area contributed by atoms with Gasteiger partial charge < -0.3 is 24.7 Å². The molecule has 0 aromatic heterocycles. The van der Waals surface area contributed by atoms with E-state index < -0.39 is 11.9 Å². The van der Waals surface area contributed by atoms with Crippen molar-refractivity contribution in [1.82, 2.24) is 0 Å². The minimum atomic E-state index is -0.557. The Bertz CT molecular complexity index is 1580. The maximum absolute atomic E-state index is 12.5. The molecule has 0 radical (unpaired) electrons. The van der Waals surface area contributed by atoms with Crippen LogP contribution in [-0.2, 0) is 11.4 Å². The number of esters is 1. The van der Waals surface area contributed by atoms with E-state index in [0.717, 1.165) is 27.8 Å². The lowest BCUT2D eigenvalue weighted by atomic mass is 9.83. The Hall–Kier alpha value is -5.22. The van der Waals surface area contributed by atoms with Crippen LogP contribution in [0.2, 0.25) is 0 Å². The van der Waals surface area contributed by atoms with Crippen molar-refractivity contribution in [3.8, 4) is 29.1 Å². The molecule has 0 amide bonds. The first kappa shape index (κ1) is 26.4. The third kappa shape index (κ3) is 6.08. The molecular weight excluding hydrogens is 504 g/mol. The number of hydrogen-bond acceptors (Lipinski definition) is 7. The lowest BCUT2D eigenvalue weighted by molar-refractivity contribution is -0.136. The maximum Gasteiger partial charge on any atom is 0.349 e. The molecular formula is C33H28N2O5. The molecule has 4 aromatic carbocycles. The second kappa shape index (κ2) is 11.7. The molecule has 1 aliphatic rings. The zero-order valence-corrected chi connectivity index (χ0v) is 22.2. The van der Waals surface area contributed by atoms with Gasteiger partial charge in [-0.05, 0) is 66.4 Å². The van der Waals surface area contributed by atoms with Crippen molar-refractivity contribution >= 4 is 5.97 Å². The SMILES string of the molecule is Cc1cc(C)cc(OCC(=O)Oc2ccc3c(c2)OC(N)=C(C#N)C3c2ccc(OCc3ccccc3)cc2)c1. The van der Waals surface area contributed by atoms with E-state index in [0.29, 0.717) is 29.4 Å². The molecule has 200 valence electrons. The Morgan fingerprint density at radius 2 is 1.57 bits per heavy atom. The van der Waals surface area contributed by atoms with Gasteiger partial charge in [-0.1, -0.05) is 54.6 Å². The van der Waals surface area contributed by atoms with Gasteiger partial charge in [-0.25, -0.2) is 4.79 Å². The summed E-state index contributed by atoms with van der Waals surface area (Å²) in [5.74, 6) is 1.00. The van der Waals surface area contributed by atoms with E-state index in [1.807, 2.05) is 86.6 Å². The Balaban J connectivity index is 1.30. The molecule has 0 saturated heterocycles. The van der Waals surface area contributed by atoms with Crippen LogP contribution in [0.5, 0.6) is 23.0 Å². The number of fused-ring (bicyclic) bond motifs is 1. The quantitative estimate of drug-likeness (QED) is 0.216. The molecule has 5 rings (SSSR count). The third-order valence-electron chi connectivity index (χ3n) is 6.44. The molecule has 4 aromatic rings. The lowest BCUT2D eigenvalue weighted by Crippen LogP contribution is -2.21. The van der Waals surface area contributed by atoms with Crippen LogP contribution in [0.15, 0.2) is 102 Å². The highest BCUT2D eigenvalue weighted by molar-refractivity contribution is 5.74. The largest absolute Gasteiger partial charge is 0.489 e. The predicted molar refractivity (Wildman–Crippen MR) is 150 cm³/mol. The summed E-state index contributed by atoms with van der Waals surface area (Å²) in [4.78, 5) is 12.5. The molecule has 1 atom stereocenters. The van der Waals surface area contributed by atoms with Crippen LogP contribution in [0.25, 0.3) is 0 Å². The molecule has 0 fully saturated rings. The molecule has 40 heavy (non-hydrogen) atoms. The topological polar surface area (TPSA) is 104 Å². The highest BCUT2D eigenvalue weighted by Crippen LogP contribution is 2.43. The van der Waals surface area contributed by atoms with Gasteiger partial charge in [-0.3, -0.25) is 0 Å². The van der Waals surface area contributed by atoms with Gasteiger partial charge in [0.05, 0.1) is 5.92 Å². The number of rotatable bonds is 8. The van der Waals surface area contributed by atoms with Crippen LogP contribution in [-0.4, -0.2) is 12.6 Å². The van der Waals surface area contributed by atoms with Crippen molar-refractivity contribution in [2.45, 2.75) is 26.4 Å². The lowest BCUT2D eigenvalue weighted by Gasteiger charge is -2.26. The summed E-state index contributed by atoms with van der Waals surface area (Å²) in [7, 11) is 0. The van der Waals surface area contributed by atoms with Gasteiger partial charge in [0.1, 0.15) is 41.2 Å². The summed E-state index contributed by atoms with van der Waals surface area (Å²) < 4.78 is 22.8. The minimum absolute atomic E-state index is 0.00558. The molecule has 0 spiro atoms. The average Bonchev–Trinajstić information content (AvgIpc) is 2.94. The summed E-state index contributed by atoms with van der Waals surface area (Å²) in [5, 5.41) is 9.87. The van der Waals surface area contributed by atoms with Gasteiger partial charge in [0.2, 0.25) is 5.88 Å². The van der Waals surface area contributed by atoms with E-state index in [2.05, 4.69) is 6.07 Å². The fourth-order valence-corrected chi connectivity index (χ4v) is 4.66. The number of carbonyl (C=O) groups is 1. The first-order chi connectivity index (χ1) is 19.4. The standard InChI is InChI=1S/C33H28N2O5/c1-21-14-22(2)16-27(15-21)38-20-31(36)39-26-12-13-28-30(17-26)40-33(35)29(18-34)32(28)24-8-10-25(11-9-24)37-19-23-6-4-3-5-7-23/h3-17,32H,19-20,35H2,1-2H3. The fourth-order valence-electron chi connectivity index (χ4n) is 4.66. The van der Waals surface area contributed by atoms with E-state index in [1.54, 1.807) is 18.2 Å². The van der Waals surface area contributed by atoms with Gasteiger partial charge in [0.15, 0.2) is 6.61 Å².